The van der Waals surface area contributed by atoms with Gasteiger partial charge in [0, 0.05) is 13.1 Å². The minimum absolute atomic E-state index is 0.0162. The number of nitrogens with zero attached hydrogens (tertiary/aromatic N) is 1. The van der Waals surface area contributed by atoms with Crippen molar-refractivity contribution in [3.8, 4) is 5.75 Å². The van der Waals surface area contributed by atoms with Crippen molar-refractivity contribution in [1.82, 2.24) is 4.31 Å². The fraction of sp³-hybridized carbons (Fsp3) is 0.391. The molecule has 2 aromatic carbocycles. The van der Waals surface area contributed by atoms with Gasteiger partial charge in [-0.05, 0) is 51.1 Å². The second-order valence-electron chi connectivity index (χ2n) is 7.76. The molecule has 1 aliphatic rings. The third-order valence-corrected chi connectivity index (χ3v) is 7.32. The molecule has 1 heterocycles. The van der Waals surface area contributed by atoms with Crippen LogP contribution in [0.2, 0.25) is 5.02 Å². The van der Waals surface area contributed by atoms with Gasteiger partial charge in [0.15, 0.2) is 5.78 Å². The number of carbonyl (C=O) groups is 2. The molecule has 1 aliphatic heterocycles. The van der Waals surface area contributed by atoms with Crippen LogP contribution < -0.4 is 4.74 Å². The molecule has 0 bridgehead atoms. The molecule has 33 heavy (non-hydrogen) atoms. The van der Waals surface area contributed by atoms with Crippen LogP contribution in [-0.4, -0.2) is 63.0 Å². The first kappa shape index (κ1) is 25.2. The molecule has 10 heteroatoms. The van der Waals surface area contributed by atoms with Crippen molar-refractivity contribution in [2.75, 3.05) is 26.3 Å². The summed E-state index contributed by atoms with van der Waals surface area (Å²) in [7, 11) is -3.93. The SMILES string of the molecule is CC(=O)c1ccccc1OCCOC(=O)c1ccc(Cl)c(S(=O)(=O)N2CC(C)OC(C)C2)c1. The van der Waals surface area contributed by atoms with Crippen LogP contribution in [0.15, 0.2) is 47.4 Å². The number of morpholine rings is 1. The van der Waals surface area contributed by atoms with Crippen LogP contribution in [0.25, 0.3) is 0 Å². The predicted octanol–water partition coefficient (Wildman–Crippen LogP) is 3.58. The summed E-state index contributed by atoms with van der Waals surface area (Å²) < 4.78 is 44.0. The summed E-state index contributed by atoms with van der Waals surface area (Å²) in [6.45, 7) is 5.35. The highest BCUT2D eigenvalue weighted by Crippen LogP contribution is 2.28. The van der Waals surface area contributed by atoms with Crippen LogP contribution in [0, 0.1) is 0 Å². The van der Waals surface area contributed by atoms with Crippen molar-refractivity contribution >= 4 is 33.4 Å². The Balaban J connectivity index is 1.66. The van der Waals surface area contributed by atoms with Gasteiger partial charge in [0.05, 0.1) is 28.4 Å². The zero-order valence-electron chi connectivity index (χ0n) is 18.6. The van der Waals surface area contributed by atoms with Gasteiger partial charge in [-0.3, -0.25) is 4.79 Å². The molecule has 8 nitrogen and oxygen atoms in total. The van der Waals surface area contributed by atoms with E-state index in [-0.39, 0.29) is 59.8 Å². The second kappa shape index (κ2) is 10.6. The number of ketones is 1. The maximum Gasteiger partial charge on any atom is 0.338 e. The van der Waals surface area contributed by atoms with Gasteiger partial charge in [0.1, 0.15) is 23.9 Å². The van der Waals surface area contributed by atoms with Crippen molar-refractivity contribution in [3.63, 3.8) is 0 Å². The smallest absolute Gasteiger partial charge is 0.338 e. The van der Waals surface area contributed by atoms with Gasteiger partial charge in [-0.1, -0.05) is 23.7 Å². The highest BCUT2D eigenvalue weighted by molar-refractivity contribution is 7.89. The summed E-state index contributed by atoms with van der Waals surface area (Å²) in [4.78, 5) is 24.0. The molecule has 2 unspecified atom stereocenters. The van der Waals surface area contributed by atoms with Gasteiger partial charge < -0.3 is 14.2 Å². The molecule has 0 spiro atoms. The minimum atomic E-state index is -3.93. The van der Waals surface area contributed by atoms with E-state index in [4.69, 9.17) is 25.8 Å². The van der Waals surface area contributed by atoms with E-state index in [9.17, 15) is 18.0 Å². The largest absolute Gasteiger partial charge is 0.489 e. The van der Waals surface area contributed by atoms with Crippen LogP contribution in [-0.2, 0) is 19.5 Å². The first-order valence-electron chi connectivity index (χ1n) is 10.4. The number of benzene rings is 2. The first-order chi connectivity index (χ1) is 15.6. The molecule has 0 radical (unpaired) electrons. The zero-order chi connectivity index (χ0) is 24.2. The van der Waals surface area contributed by atoms with Crippen LogP contribution in [0.5, 0.6) is 5.75 Å². The lowest BCUT2D eigenvalue weighted by Crippen LogP contribution is -2.48. The van der Waals surface area contributed by atoms with E-state index in [1.54, 1.807) is 38.1 Å². The van der Waals surface area contributed by atoms with E-state index in [0.29, 0.717) is 11.3 Å². The second-order valence-corrected chi connectivity index (χ2v) is 10.1. The number of ether oxygens (including phenoxy) is 3. The number of para-hydroxylation sites is 1. The molecule has 0 N–H and O–H groups in total. The van der Waals surface area contributed by atoms with Gasteiger partial charge in [0.25, 0.3) is 0 Å². The Morgan fingerprint density at radius 2 is 1.76 bits per heavy atom. The maximum absolute atomic E-state index is 13.2. The van der Waals surface area contributed by atoms with Crippen LogP contribution in [0.4, 0.5) is 0 Å². The lowest BCUT2D eigenvalue weighted by molar-refractivity contribution is -0.0440. The van der Waals surface area contributed by atoms with E-state index >= 15 is 0 Å². The zero-order valence-corrected chi connectivity index (χ0v) is 20.2. The fourth-order valence-corrected chi connectivity index (χ4v) is 5.64. The molecule has 2 atom stereocenters. The van der Waals surface area contributed by atoms with Crippen LogP contribution in [0.3, 0.4) is 0 Å². The first-order valence-corrected chi connectivity index (χ1v) is 12.3. The molecule has 178 valence electrons. The lowest BCUT2D eigenvalue weighted by atomic mass is 10.1. The van der Waals surface area contributed by atoms with Crippen molar-refractivity contribution in [1.29, 1.82) is 0 Å². The molecular formula is C23H26ClNO7S. The van der Waals surface area contributed by atoms with E-state index < -0.39 is 16.0 Å². The fourth-order valence-electron chi connectivity index (χ4n) is 3.55. The molecule has 1 fully saturated rings. The number of rotatable bonds is 8. The standard InChI is InChI=1S/C23H26ClNO7S/c1-15-13-25(14-16(2)32-15)33(28,29)22-12-18(8-9-20(22)24)23(27)31-11-10-30-21-7-5-4-6-19(21)17(3)26/h4-9,12,15-16H,10-11,13-14H2,1-3H3. The summed E-state index contributed by atoms with van der Waals surface area (Å²) in [6.07, 6.45) is -0.521. The number of esters is 1. The summed E-state index contributed by atoms with van der Waals surface area (Å²) in [5.74, 6) is -0.452. The maximum atomic E-state index is 13.2. The van der Waals surface area contributed by atoms with E-state index in [1.807, 2.05) is 0 Å². The molecule has 3 rings (SSSR count). The third-order valence-electron chi connectivity index (χ3n) is 5.01. The van der Waals surface area contributed by atoms with Crippen molar-refractivity contribution in [2.24, 2.45) is 0 Å². The molecule has 1 saturated heterocycles. The van der Waals surface area contributed by atoms with Gasteiger partial charge in [-0.25, -0.2) is 13.2 Å². The summed E-state index contributed by atoms with van der Waals surface area (Å²) in [5, 5.41) is 0.0162. The Kier molecular flexibility index (Phi) is 8.12. The lowest BCUT2D eigenvalue weighted by Gasteiger charge is -2.34. The molecule has 0 saturated carbocycles. The van der Waals surface area contributed by atoms with Crippen LogP contribution in [0.1, 0.15) is 41.5 Å². The monoisotopic (exact) mass is 495 g/mol. The molecular weight excluding hydrogens is 470 g/mol. The normalized spacial score (nSPS) is 19.2. The highest BCUT2D eigenvalue weighted by Gasteiger charge is 2.34. The Morgan fingerprint density at radius 3 is 2.42 bits per heavy atom. The van der Waals surface area contributed by atoms with Gasteiger partial charge in [-0.2, -0.15) is 4.31 Å². The minimum Gasteiger partial charge on any atom is -0.489 e. The molecule has 0 amide bonds. The van der Waals surface area contributed by atoms with Crippen molar-refractivity contribution in [2.45, 2.75) is 37.9 Å². The van der Waals surface area contributed by atoms with E-state index in [0.717, 1.165) is 0 Å². The summed E-state index contributed by atoms with van der Waals surface area (Å²) >= 11 is 6.18. The number of carbonyl (C=O) groups excluding carboxylic acids is 2. The predicted molar refractivity (Wildman–Crippen MR) is 122 cm³/mol. The molecule has 0 aromatic heterocycles. The highest BCUT2D eigenvalue weighted by atomic mass is 35.5. The van der Waals surface area contributed by atoms with Gasteiger partial charge in [-0.15, -0.1) is 0 Å². The summed E-state index contributed by atoms with van der Waals surface area (Å²) in [5.41, 5.74) is 0.486. The average molecular weight is 496 g/mol. The number of halogens is 1. The average Bonchev–Trinajstić information content (AvgIpc) is 2.76. The molecule has 0 aliphatic carbocycles. The number of hydrogen-bond acceptors (Lipinski definition) is 7. The van der Waals surface area contributed by atoms with E-state index in [1.165, 1.54) is 29.4 Å². The van der Waals surface area contributed by atoms with Gasteiger partial charge >= 0.3 is 5.97 Å². The van der Waals surface area contributed by atoms with Crippen LogP contribution >= 0.6 is 11.6 Å². The van der Waals surface area contributed by atoms with Crippen molar-refractivity contribution < 1.29 is 32.2 Å². The Morgan fingerprint density at radius 1 is 1.09 bits per heavy atom. The number of Topliss-reactive ketones (excluding diaryl/α,β-unsaturated/α-hetero) is 1. The number of sulfonamides is 1. The topological polar surface area (TPSA) is 99.2 Å². The van der Waals surface area contributed by atoms with Gasteiger partial charge in [0.2, 0.25) is 10.0 Å². The third kappa shape index (κ3) is 6.11. The Bertz CT molecular complexity index is 1130. The Labute approximate surface area is 198 Å². The molecule has 2 aromatic rings. The Hall–Kier alpha value is -2.46. The summed E-state index contributed by atoms with van der Waals surface area (Å²) in [6, 6.07) is 10.7. The number of hydrogen-bond donors (Lipinski definition) is 0. The van der Waals surface area contributed by atoms with E-state index in [2.05, 4.69) is 0 Å². The van der Waals surface area contributed by atoms with Crippen molar-refractivity contribution in [3.05, 3.63) is 58.6 Å². The quantitative estimate of drug-likeness (QED) is 0.313.